The Balaban J connectivity index is 1.15. The zero-order valence-corrected chi connectivity index (χ0v) is 20.6. The van der Waals surface area contributed by atoms with Gasteiger partial charge in [-0.2, -0.15) is 5.10 Å². The first-order valence-electron chi connectivity index (χ1n) is 12.6. The number of ether oxygens (including phenoxy) is 2. The molecule has 7 nitrogen and oxygen atoms in total. The van der Waals surface area contributed by atoms with Crippen LogP contribution in [0.4, 0.5) is 11.4 Å². The SMILES string of the molecule is CO[C@@H]1CCOC[C@H]1CNc1cnn(C2CCC(Nc3ccc(C4CC4)cc3)CC2)c(=O)c1Cl. The van der Waals surface area contributed by atoms with Crippen molar-refractivity contribution in [1.29, 1.82) is 0 Å². The van der Waals surface area contributed by atoms with E-state index in [2.05, 4.69) is 40.0 Å². The molecule has 2 atom stereocenters. The molecule has 0 spiro atoms. The highest BCUT2D eigenvalue weighted by atomic mass is 35.5. The quantitative estimate of drug-likeness (QED) is 0.556. The second kappa shape index (κ2) is 10.7. The average Bonchev–Trinajstić information content (AvgIpc) is 3.72. The smallest absolute Gasteiger partial charge is 0.287 e. The van der Waals surface area contributed by atoms with Gasteiger partial charge in [0.1, 0.15) is 5.02 Å². The molecule has 2 aliphatic carbocycles. The molecule has 3 fully saturated rings. The number of anilines is 2. The van der Waals surface area contributed by atoms with Crippen molar-refractivity contribution in [2.45, 2.75) is 69.1 Å². The minimum Gasteiger partial charge on any atom is -0.382 e. The van der Waals surface area contributed by atoms with E-state index in [9.17, 15) is 4.79 Å². The highest BCUT2D eigenvalue weighted by molar-refractivity contribution is 6.32. The molecule has 1 aromatic heterocycles. The third-order valence-electron chi connectivity index (χ3n) is 7.58. The summed E-state index contributed by atoms with van der Waals surface area (Å²) >= 11 is 6.47. The fraction of sp³-hybridized carbons (Fsp3) is 0.615. The molecule has 8 heteroatoms. The number of rotatable bonds is 8. The average molecular weight is 487 g/mol. The summed E-state index contributed by atoms with van der Waals surface area (Å²) in [5, 5.41) is 11.6. The summed E-state index contributed by atoms with van der Waals surface area (Å²) in [4.78, 5) is 13.0. The van der Waals surface area contributed by atoms with E-state index in [0.717, 1.165) is 44.6 Å². The number of nitrogens with zero attached hydrogens (tertiary/aromatic N) is 2. The highest BCUT2D eigenvalue weighted by Crippen LogP contribution is 2.40. The molecule has 0 bridgehead atoms. The molecule has 0 amide bonds. The molecule has 5 rings (SSSR count). The Labute approximate surface area is 206 Å². The van der Waals surface area contributed by atoms with Gasteiger partial charge in [-0.05, 0) is 68.6 Å². The van der Waals surface area contributed by atoms with Crippen molar-refractivity contribution in [3.8, 4) is 0 Å². The molecule has 1 aromatic carbocycles. The number of hydrogen-bond acceptors (Lipinski definition) is 6. The predicted octanol–water partition coefficient (Wildman–Crippen LogP) is 4.83. The molecule has 1 aliphatic heterocycles. The van der Waals surface area contributed by atoms with E-state index < -0.39 is 0 Å². The van der Waals surface area contributed by atoms with Gasteiger partial charge in [0.2, 0.25) is 0 Å². The normalized spacial score (nSPS) is 27.4. The number of nitrogens with one attached hydrogen (secondary N) is 2. The molecule has 1 saturated heterocycles. The Hall–Kier alpha value is -2.09. The van der Waals surface area contributed by atoms with E-state index >= 15 is 0 Å². The van der Waals surface area contributed by atoms with Crippen LogP contribution in [0.3, 0.4) is 0 Å². The maximum absolute atomic E-state index is 13.0. The minimum atomic E-state index is -0.220. The van der Waals surface area contributed by atoms with Crippen molar-refractivity contribution in [2.24, 2.45) is 5.92 Å². The van der Waals surface area contributed by atoms with Gasteiger partial charge in [-0.3, -0.25) is 4.79 Å². The van der Waals surface area contributed by atoms with E-state index in [4.69, 9.17) is 21.1 Å². The Bertz CT molecular complexity index is 1020. The van der Waals surface area contributed by atoms with Crippen LogP contribution in [0.1, 0.15) is 62.5 Å². The first kappa shape index (κ1) is 23.6. The van der Waals surface area contributed by atoms with E-state index in [1.165, 1.54) is 24.1 Å². The largest absolute Gasteiger partial charge is 0.382 e. The number of methoxy groups -OCH3 is 1. The zero-order valence-electron chi connectivity index (χ0n) is 19.8. The number of benzene rings is 1. The lowest BCUT2D eigenvalue weighted by atomic mass is 9.91. The summed E-state index contributed by atoms with van der Waals surface area (Å²) in [6.07, 6.45) is 9.17. The minimum absolute atomic E-state index is 0.0824. The van der Waals surface area contributed by atoms with Crippen molar-refractivity contribution in [1.82, 2.24) is 9.78 Å². The van der Waals surface area contributed by atoms with Gasteiger partial charge in [-0.1, -0.05) is 23.7 Å². The summed E-state index contributed by atoms with van der Waals surface area (Å²) in [6, 6.07) is 9.41. The van der Waals surface area contributed by atoms with E-state index in [-0.39, 0.29) is 28.6 Å². The van der Waals surface area contributed by atoms with Crippen molar-refractivity contribution in [3.63, 3.8) is 0 Å². The molecule has 2 heterocycles. The number of hydrogen-bond donors (Lipinski definition) is 2. The summed E-state index contributed by atoms with van der Waals surface area (Å²) in [5.74, 6) is 0.997. The topological polar surface area (TPSA) is 77.4 Å². The standard InChI is InChI=1S/C26H35ClN4O3/c1-33-24-12-13-34-16-19(24)14-28-23-15-29-31(26(32)25(23)27)22-10-8-21(9-11-22)30-20-6-4-18(5-7-20)17-2-3-17/h4-7,15,17,19,21-22,24,28,30H,2-3,8-14,16H2,1H3/t19-,21?,22?,24-/m1/s1. The van der Waals surface area contributed by atoms with Gasteiger partial charge < -0.3 is 20.1 Å². The van der Waals surface area contributed by atoms with Gasteiger partial charge in [-0.25, -0.2) is 4.68 Å². The summed E-state index contributed by atoms with van der Waals surface area (Å²) in [6.45, 7) is 1.98. The van der Waals surface area contributed by atoms with Crippen LogP contribution in [-0.4, -0.2) is 48.8 Å². The Morgan fingerprint density at radius 2 is 1.88 bits per heavy atom. The zero-order chi connectivity index (χ0) is 23.5. The molecule has 184 valence electrons. The van der Waals surface area contributed by atoms with Crippen molar-refractivity contribution >= 4 is 23.0 Å². The van der Waals surface area contributed by atoms with Gasteiger partial charge >= 0.3 is 0 Å². The molecule has 0 radical (unpaired) electrons. The lowest BCUT2D eigenvalue weighted by Gasteiger charge is -2.31. The third kappa shape index (κ3) is 5.42. The van der Waals surface area contributed by atoms with Crippen LogP contribution >= 0.6 is 11.6 Å². The molecular weight excluding hydrogens is 452 g/mol. The van der Waals surface area contributed by atoms with Crippen LogP contribution in [0.5, 0.6) is 0 Å². The predicted molar refractivity (Wildman–Crippen MR) is 135 cm³/mol. The van der Waals surface area contributed by atoms with Gasteiger partial charge in [0.25, 0.3) is 5.56 Å². The van der Waals surface area contributed by atoms with Crippen LogP contribution < -0.4 is 16.2 Å². The molecule has 2 aromatic rings. The van der Waals surface area contributed by atoms with Crippen LogP contribution in [0.15, 0.2) is 35.3 Å². The van der Waals surface area contributed by atoms with Gasteiger partial charge in [0, 0.05) is 37.9 Å². The molecule has 2 N–H and O–H groups in total. The molecule has 3 aliphatic rings. The maximum Gasteiger partial charge on any atom is 0.287 e. The van der Waals surface area contributed by atoms with E-state index in [1.54, 1.807) is 18.0 Å². The summed E-state index contributed by atoms with van der Waals surface area (Å²) in [5.41, 5.74) is 3.00. The van der Waals surface area contributed by atoms with Gasteiger partial charge in [0.05, 0.1) is 30.6 Å². The Kier molecular flexibility index (Phi) is 7.42. The number of halogens is 1. The van der Waals surface area contributed by atoms with Crippen LogP contribution in [0, 0.1) is 5.92 Å². The Morgan fingerprint density at radius 3 is 2.59 bits per heavy atom. The van der Waals surface area contributed by atoms with Crippen molar-refractivity contribution in [3.05, 3.63) is 51.4 Å². The van der Waals surface area contributed by atoms with Crippen molar-refractivity contribution < 1.29 is 9.47 Å². The molecule has 2 saturated carbocycles. The lowest BCUT2D eigenvalue weighted by molar-refractivity contribution is -0.0512. The molecule has 0 unspecified atom stereocenters. The van der Waals surface area contributed by atoms with Crippen molar-refractivity contribution in [2.75, 3.05) is 37.5 Å². The summed E-state index contributed by atoms with van der Waals surface area (Å²) in [7, 11) is 1.73. The highest BCUT2D eigenvalue weighted by Gasteiger charge is 2.28. The monoisotopic (exact) mass is 486 g/mol. The van der Waals surface area contributed by atoms with E-state index in [0.29, 0.717) is 24.9 Å². The van der Waals surface area contributed by atoms with Gasteiger partial charge in [0.15, 0.2) is 0 Å². The fourth-order valence-corrected chi connectivity index (χ4v) is 5.52. The summed E-state index contributed by atoms with van der Waals surface area (Å²) < 4.78 is 12.7. The van der Waals surface area contributed by atoms with Crippen LogP contribution in [0.2, 0.25) is 5.02 Å². The first-order valence-corrected chi connectivity index (χ1v) is 13.0. The number of aromatic nitrogens is 2. The molecule has 34 heavy (non-hydrogen) atoms. The fourth-order valence-electron chi connectivity index (χ4n) is 5.32. The first-order chi connectivity index (χ1) is 16.6. The van der Waals surface area contributed by atoms with Gasteiger partial charge in [-0.15, -0.1) is 0 Å². The third-order valence-corrected chi connectivity index (χ3v) is 7.94. The molecular formula is C26H35ClN4O3. The van der Waals surface area contributed by atoms with E-state index in [1.807, 2.05) is 0 Å². The second-order valence-electron chi connectivity index (χ2n) is 9.95. The maximum atomic E-state index is 13.0. The lowest BCUT2D eigenvalue weighted by Crippen LogP contribution is -2.38. The Morgan fingerprint density at radius 1 is 1.12 bits per heavy atom. The van der Waals surface area contributed by atoms with Crippen LogP contribution in [-0.2, 0) is 9.47 Å². The van der Waals surface area contributed by atoms with Crippen LogP contribution in [0.25, 0.3) is 0 Å². The second-order valence-corrected chi connectivity index (χ2v) is 10.3.